The van der Waals surface area contributed by atoms with Crippen LogP contribution in [0, 0.1) is 19.7 Å². The Balaban J connectivity index is 0.00000341. The van der Waals surface area contributed by atoms with Gasteiger partial charge >= 0.3 is 51.4 Å². The maximum absolute atomic E-state index is 12.6. The molecule has 0 saturated heterocycles. The van der Waals surface area contributed by atoms with Crippen molar-refractivity contribution in [1.29, 1.82) is 0 Å². The number of anilines is 1. The molecule has 1 aromatic carbocycles. The molecule has 1 atom stereocenters. The number of carbonyl (C=O) groups excluding carboxylic acids is 1. The molecule has 0 bridgehead atoms. The maximum atomic E-state index is 12.6. The molecule has 0 radical (unpaired) electrons. The molecule has 1 unspecified atom stereocenters. The monoisotopic (exact) mass is 439 g/mol. The van der Waals surface area contributed by atoms with Crippen LogP contribution in [0.15, 0.2) is 54.3 Å². The van der Waals surface area contributed by atoms with Gasteiger partial charge in [-0.15, -0.1) is 6.20 Å². The second-order valence-corrected chi connectivity index (χ2v) is 7.37. The number of aromatic nitrogens is 1. The van der Waals surface area contributed by atoms with Crippen molar-refractivity contribution in [3.05, 3.63) is 84.4 Å². The Morgan fingerprint density at radius 1 is 1.39 bits per heavy atom. The molecule has 1 aliphatic heterocycles. The number of pyridine rings is 1. The zero-order valence-corrected chi connectivity index (χ0v) is 21.9. The van der Waals surface area contributed by atoms with E-state index in [4.69, 9.17) is 0 Å². The Bertz CT molecular complexity index is 1070. The minimum absolute atomic E-state index is 0. The summed E-state index contributed by atoms with van der Waals surface area (Å²) in [5.74, 6) is -0.197. The molecule has 6 nitrogen and oxygen atoms in total. The zero-order chi connectivity index (χ0) is 21.7. The van der Waals surface area contributed by atoms with Gasteiger partial charge in [0.2, 0.25) is 0 Å². The second-order valence-electron chi connectivity index (χ2n) is 7.37. The fraction of sp³-hybridized carbons (Fsp3) is 0.208. The third kappa shape index (κ3) is 6.98. The Kier molecular flexibility index (Phi) is 9.40. The zero-order valence-electron chi connectivity index (χ0n) is 18.7. The molecule has 2 heterocycles. The van der Waals surface area contributed by atoms with Gasteiger partial charge in [0.15, 0.2) is 0 Å². The van der Waals surface area contributed by atoms with Gasteiger partial charge in [-0.25, -0.2) is 0 Å². The van der Waals surface area contributed by atoms with E-state index >= 15 is 0 Å². The van der Waals surface area contributed by atoms with Crippen LogP contribution in [0.5, 0.6) is 0 Å². The number of rotatable bonds is 7. The Morgan fingerprint density at radius 3 is 2.77 bits per heavy atom. The molecule has 154 valence electrons. The summed E-state index contributed by atoms with van der Waals surface area (Å²) in [7, 11) is 1.95. The molecule has 7 heteroatoms. The molecule has 0 saturated carbocycles. The van der Waals surface area contributed by atoms with Gasteiger partial charge in [0, 0.05) is 17.9 Å². The first-order valence-electron chi connectivity index (χ1n) is 9.69. The van der Waals surface area contributed by atoms with Crippen molar-refractivity contribution in [2.75, 3.05) is 12.4 Å². The molecule has 0 fully saturated rings. The molecule has 1 aromatic heterocycles. The van der Waals surface area contributed by atoms with Crippen molar-refractivity contribution < 1.29 is 60.8 Å². The summed E-state index contributed by atoms with van der Waals surface area (Å²) >= 11 is 0. The van der Waals surface area contributed by atoms with Crippen molar-refractivity contribution in [3.8, 4) is 0 Å². The normalized spacial score (nSPS) is 14.7. The van der Waals surface area contributed by atoms with Gasteiger partial charge in [-0.2, -0.15) is 0 Å². The van der Waals surface area contributed by atoms with E-state index in [-0.39, 0.29) is 63.3 Å². The van der Waals surface area contributed by atoms with Gasteiger partial charge in [-0.1, -0.05) is 18.7 Å². The number of aryl methyl sites for hydroxylation is 1. The van der Waals surface area contributed by atoms with Crippen LogP contribution in [0.1, 0.15) is 47.1 Å². The molecule has 2 N–H and O–H groups in total. The third-order valence-corrected chi connectivity index (χ3v) is 4.64. The summed E-state index contributed by atoms with van der Waals surface area (Å²) in [5.41, 5.74) is 5.79. The minimum Gasteiger partial charge on any atom is -0.560 e. The van der Waals surface area contributed by atoms with E-state index in [9.17, 15) is 4.79 Å². The van der Waals surface area contributed by atoms with E-state index in [2.05, 4.69) is 33.4 Å². The Hall–Kier alpha value is -2.03. The quantitative estimate of drug-likeness (QED) is 0.292. The van der Waals surface area contributed by atoms with Crippen LogP contribution in [0.4, 0.5) is 5.69 Å². The smallest absolute Gasteiger partial charge is 0.560 e. The average molecular weight is 440 g/mol. The van der Waals surface area contributed by atoms with Crippen LogP contribution in [-0.4, -0.2) is 34.4 Å². The van der Waals surface area contributed by atoms with Crippen LogP contribution in [-0.2, 0) is 0 Å². The van der Waals surface area contributed by atoms with Crippen molar-refractivity contribution in [1.82, 2.24) is 10.3 Å². The number of hydrogen-bond donors (Lipinski definition) is 2. The van der Waals surface area contributed by atoms with Crippen molar-refractivity contribution >= 4 is 29.1 Å². The number of hydrogen-bond acceptors (Lipinski definition) is 4. The predicted molar refractivity (Wildman–Crippen MR) is 121 cm³/mol. The van der Waals surface area contributed by atoms with Crippen LogP contribution < -0.4 is 62.0 Å². The summed E-state index contributed by atoms with van der Waals surface area (Å²) in [5, 5.41) is 6.10. The van der Waals surface area contributed by atoms with Crippen molar-refractivity contribution in [2.45, 2.75) is 26.8 Å². The summed E-state index contributed by atoms with van der Waals surface area (Å²) in [4.78, 5) is 21.2. The number of amides is 1. The minimum atomic E-state index is -0.197. The van der Waals surface area contributed by atoms with E-state index < -0.39 is 0 Å². The van der Waals surface area contributed by atoms with Crippen molar-refractivity contribution in [2.24, 2.45) is 4.99 Å². The van der Waals surface area contributed by atoms with E-state index in [0.717, 1.165) is 33.8 Å². The van der Waals surface area contributed by atoms with Gasteiger partial charge in [-0.3, -0.25) is 9.78 Å². The first-order valence-corrected chi connectivity index (χ1v) is 9.69. The summed E-state index contributed by atoms with van der Waals surface area (Å²) in [6, 6.07) is 9.55. The Morgan fingerprint density at radius 2 is 2.13 bits per heavy atom. The summed E-state index contributed by atoms with van der Waals surface area (Å²) < 4.78 is 1.94. The van der Waals surface area contributed by atoms with Crippen LogP contribution >= 0.6 is 0 Å². The number of nitrogens with zero attached hydrogens (tertiary/aromatic N) is 3. The van der Waals surface area contributed by atoms with E-state index in [1.807, 2.05) is 75.5 Å². The molecule has 0 aliphatic carbocycles. The SMILES string of the molecule is C=C(C)c1ncc(C(=O)Nc2cccc(C(C)N[C-]=CN=C3C=[N+](C)[CH-]3)c2)cc1C.[K+]. The molecule has 1 aliphatic rings. The number of nitrogens with one attached hydrogen (secondary N) is 2. The summed E-state index contributed by atoms with van der Waals surface area (Å²) in [6.07, 6.45) is 8.10. The van der Waals surface area contributed by atoms with Crippen molar-refractivity contribution in [3.63, 3.8) is 0 Å². The van der Waals surface area contributed by atoms with E-state index in [1.54, 1.807) is 12.4 Å². The van der Waals surface area contributed by atoms with Gasteiger partial charge in [0.1, 0.15) is 7.05 Å². The fourth-order valence-corrected chi connectivity index (χ4v) is 3.06. The molecule has 1 amide bonds. The Labute approximate surface area is 226 Å². The second kappa shape index (κ2) is 11.5. The predicted octanol–water partition coefficient (Wildman–Crippen LogP) is 0.934. The largest absolute Gasteiger partial charge is 1.00 e. The first kappa shape index (κ1) is 25.2. The molecular formula is C24H26KN5O. The fourth-order valence-electron chi connectivity index (χ4n) is 3.06. The number of aliphatic imine (C=N–C) groups is 1. The number of allylic oxidation sites excluding steroid dienone is 1. The summed E-state index contributed by atoms with van der Waals surface area (Å²) in [6.45, 7) is 11.7. The van der Waals surface area contributed by atoms with Gasteiger partial charge < -0.3 is 26.4 Å². The molecule has 2 aromatic rings. The van der Waals surface area contributed by atoms with Gasteiger partial charge in [0.25, 0.3) is 5.91 Å². The van der Waals surface area contributed by atoms with Crippen LogP contribution in [0.25, 0.3) is 5.57 Å². The first-order chi connectivity index (χ1) is 14.3. The van der Waals surface area contributed by atoms with E-state index in [1.165, 1.54) is 0 Å². The molecular weight excluding hydrogens is 413 g/mol. The molecule has 0 spiro atoms. The van der Waals surface area contributed by atoms with E-state index in [0.29, 0.717) is 5.56 Å². The average Bonchev–Trinajstić information content (AvgIpc) is 2.69. The van der Waals surface area contributed by atoms with Gasteiger partial charge in [-0.05, 0) is 55.7 Å². The van der Waals surface area contributed by atoms with Crippen LogP contribution in [0.3, 0.4) is 0 Å². The van der Waals surface area contributed by atoms with Crippen LogP contribution in [0.2, 0.25) is 0 Å². The molecule has 31 heavy (non-hydrogen) atoms. The maximum Gasteiger partial charge on any atom is 1.00 e. The van der Waals surface area contributed by atoms with Gasteiger partial charge in [0.05, 0.1) is 29.7 Å². The number of carbonyl (C=O) groups is 1. The molecule has 3 rings (SSSR count). The topological polar surface area (TPSA) is 69.4 Å². The third-order valence-electron chi connectivity index (χ3n) is 4.64. The standard InChI is InChI=1S/C24H26N5O.K/c1-16(2)23-17(3)11-20(13-27-23)24(30)28-21-8-6-7-19(12-21)18(4)25-9-10-26-22-14-29(5)15-22;/h6-8,10-15,18,25H,1H2,2-5H3,(H,28,30);/q-1;+1. The number of benzene rings is 1.